The smallest absolute Gasteiger partial charge is 0.128 e. The van der Waals surface area contributed by atoms with Crippen molar-refractivity contribution in [2.24, 2.45) is 0 Å². The van der Waals surface area contributed by atoms with Gasteiger partial charge in [-0.15, -0.1) is 0 Å². The van der Waals surface area contributed by atoms with Gasteiger partial charge in [-0.1, -0.05) is 63.6 Å². The Kier molecular flexibility index (Phi) is 6.05. The number of rotatable bonds is 8. The molecule has 106 valence electrons. The molecule has 2 nitrogen and oxygen atoms in total. The second-order valence-electron chi connectivity index (χ2n) is 5.34. The average molecular weight is 279 g/mol. The first kappa shape index (κ1) is 14.7. The summed E-state index contributed by atoms with van der Waals surface area (Å²) >= 11 is 0. The van der Waals surface area contributed by atoms with E-state index in [0.29, 0.717) is 0 Å². The van der Waals surface area contributed by atoms with Gasteiger partial charge in [0.1, 0.15) is 11.0 Å². The lowest BCUT2D eigenvalue weighted by molar-refractivity contribution is 0.431. The van der Waals surface area contributed by atoms with E-state index in [9.17, 15) is 4.21 Å². The molecule has 19 heavy (non-hydrogen) atoms. The number of nitrogens with zero attached hydrogens (tertiary/aromatic N) is 1. The molecule has 3 heteroatoms. The second-order valence-corrected chi connectivity index (χ2v) is 6.80. The molecule has 0 N–H and O–H groups in total. The van der Waals surface area contributed by atoms with Gasteiger partial charge in [0.2, 0.25) is 0 Å². The highest BCUT2D eigenvalue weighted by Gasteiger charge is 2.25. The van der Waals surface area contributed by atoms with Gasteiger partial charge in [-0.25, -0.2) is 8.51 Å². The van der Waals surface area contributed by atoms with E-state index in [4.69, 9.17) is 0 Å². The van der Waals surface area contributed by atoms with Crippen molar-refractivity contribution in [3.05, 3.63) is 29.8 Å². The van der Waals surface area contributed by atoms with Crippen LogP contribution >= 0.6 is 0 Å². The molecule has 0 aromatic heterocycles. The van der Waals surface area contributed by atoms with Crippen LogP contribution < -0.4 is 0 Å². The average Bonchev–Trinajstić information content (AvgIpc) is 2.75. The van der Waals surface area contributed by atoms with E-state index in [1.165, 1.54) is 50.5 Å². The second kappa shape index (κ2) is 7.81. The molecule has 0 aliphatic carbocycles. The third-order valence-electron chi connectivity index (χ3n) is 3.75. The minimum absolute atomic E-state index is 0.860. The maximum absolute atomic E-state index is 12.2. The van der Waals surface area contributed by atoms with Crippen LogP contribution in [-0.4, -0.2) is 15.1 Å². The Morgan fingerprint density at radius 2 is 1.74 bits per heavy atom. The fraction of sp³-hybridized carbons (Fsp3) is 0.625. The monoisotopic (exact) mass is 279 g/mol. The van der Waals surface area contributed by atoms with Crippen LogP contribution in [0.4, 0.5) is 0 Å². The van der Waals surface area contributed by atoms with Gasteiger partial charge in [-0.05, 0) is 18.1 Å². The van der Waals surface area contributed by atoms with Crippen LogP contribution in [0.1, 0.15) is 57.4 Å². The minimum atomic E-state index is -0.912. The number of benzene rings is 1. The molecule has 0 spiro atoms. The van der Waals surface area contributed by atoms with Crippen molar-refractivity contribution in [3.63, 3.8) is 0 Å². The Morgan fingerprint density at radius 3 is 2.47 bits per heavy atom. The summed E-state index contributed by atoms with van der Waals surface area (Å²) in [5, 5.41) is 0. The fourth-order valence-corrected chi connectivity index (χ4v) is 3.98. The molecule has 0 radical (unpaired) electrons. The van der Waals surface area contributed by atoms with Crippen molar-refractivity contribution in [2.75, 3.05) is 6.54 Å². The summed E-state index contributed by atoms with van der Waals surface area (Å²) in [6.45, 7) is 4.08. The zero-order valence-corrected chi connectivity index (χ0v) is 12.8. The van der Waals surface area contributed by atoms with Gasteiger partial charge in [-0.2, -0.15) is 0 Å². The first-order valence-electron chi connectivity index (χ1n) is 7.57. The maximum Gasteiger partial charge on any atom is 0.128 e. The number of fused-ring (bicyclic) bond motifs is 1. The van der Waals surface area contributed by atoms with Gasteiger partial charge in [0.05, 0.1) is 4.90 Å². The topological polar surface area (TPSA) is 20.3 Å². The predicted molar refractivity (Wildman–Crippen MR) is 81.3 cm³/mol. The van der Waals surface area contributed by atoms with Crippen LogP contribution in [-0.2, 0) is 17.5 Å². The Labute approximate surface area is 119 Å². The molecule has 1 aliphatic heterocycles. The summed E-state index contributed by atoms with van der Waals surface area (Å²) in [5.41, 5.74) is 1.24. The Bertz CT molecular complexity index is 419. The van der Waals surface area contributed by atoms with Crippen molar-refractivity contribution in [3.8, 4) is 0 Å². The van der Waals surface area contributed by atoms with E-state index >= 15 is 0 Å². The van der Waals surface area contributed by atoms with E-state index in [1.54, 1.807) is 0 Å². The first-order chi connectivity index (χ1) is 9.33. The fourth-order valence-electron chi connectivity index (χ4n) is 2.60. The highest BCUT2D eigenvalue weighted by Crippen LogP contribution is 2.26. The van der Waals surface area contributed by atoms with Crippen molar-refractivity contribution in [1.29, 1.82) is 0 Å². The van der Waals surface area contributed by atoms with Gasteiger partial charge >= 0.3 is 0 Å². The van der Waals surface area contributed by atoms with Gasteiger partial charge in [-0.3, -0.25) is 0 Å². The van der Waals surface area contributed by atoms with Gasteiger partial charge in [0.25, 0.3) is 0 Å². The quantitative estimate of drug-likeness (QED) is 0.651. The van der Waals surface area contributed by atoms with Crippen LogP contribution in [0.15, 0.2) is 29.2 Å². The van der Waals surface area contributed by atoms with Crippen molar-refractivity contribution < 1.29 is 4.21 Å². The van der Waals surface area contributed by atoms with Crippen molar-refractivity contribution in [2.45, 2.75) is 63.3 Å². The van der Waals surface area contributed by atoms with Crippen molar-refractivity contribution in [1.82, 2.24) is 4.31 Å². The Morgan fingerprint density at radius 1 is 1.05 bits per heavy atom. The van der Waals surface area contributed by atoms with E-state index in [1.807, 2.05) is 18.2 Å². The summed E-state index contributed by atoms with van der Waals surface area (Å²) in [4.78, 5) is 1.02. The molecule has 0 bridgehead atoms. The Hall–Kier alpha value is -0.670. The van der Waals surface area contributed by atoms with E-state index in [-0.39, 0.29) is 0 Å². The molecular weight excluding hydrogens is 254 g/mol. The third-order valence-corrected chi connectivity index (χ3v) is 5.31. The van der Waals surface area contributed by atoms with Crippen molar-refractivity contribution >= 4 is 11.0 Å². The lowest BCUT2D eigenvalue weighted by atomic mass is 10.1. The number of hydrogen-bond donors (Lipinski definition) is 0. The lowest BCUT2D eigenvalue weighted by Gasteiger charge is -2.12. The van der Waals surface area contributed by atoms with Gasteiger partial charge in [0.15, 0.2) is 0 Å². The maximum atomic E-state index is 12.2. The number of unbranched alkanes of at least 4 members (excludes halogenated alkanes) is 6. The predicted octanol–water partition coefficient (Wildman–Crippen LogP) is 4.28. The summed E-state index contributed by atoms with van der Waals surface area (Å²) in [7, 11) is -0.912. The molecule has 0 saturated carbocycles. The van der Waals surface area contributed by atoms with Gasteiger partial charge in [0, 0.05) is 13.1 Å². The standard InChI is InChI=1S/C16H25NOS/c1-2-3-4-5-6-7-10-13-17-14-15-11-8-9-12-16(15)19(17)18/h8-9,11-12H,2-7,10,13-14H2,1H3. The molecule has 0 saturated heterocycles. The van der Waals surface area contributed by atoms with E-state index in [0.717, 1.165) is 18.0 Å². The normalized spacial score (nSPS) is 18.7. The molecule has 0 fully saturated rings. The summed E-state index contributed by atoms with van der Waals surface area (Å²) in [6.07, 6.45) is 9.18. The summed E-state index contributed by atoms with van der Waals surface area (Å²) in [5.74, 6) is 0. The van der Waals surface area contributed by atoms with E-state index in [2.05, 4.69) is 17.3 Å². The Balaban J connectivity index is 1.65. The highest BCUT2D eigenvalue weighted by molar-refractivity contribution is 7.83. The molecule has 1 heterocycles. The van der Waals surface area contributed by atoms with Crippen LogP contribution in [0, 0.1) is 0 Å². The molecule has 1 aliphatic rings. The minimum Gasteiger partial charge on any atom is -0.237 e. The molecule has 1 aromatic carbocycles. The third kappa shape index (κ3) is 4.15. The lowest BCUT2D eigenvalue weighted by Crippen LogP contribution is -2.20. The number of hydrogen-bond acceptors (Lipinski definition) is 1. The SMILES string of the molecule is CCCCCCCCCN1Cc2ccccc2S1=O. The molecule has 0 amide bonds. The van der Waals surface area contributed by atoms with Crippen LogP contribution in [0.5, 0.6) is 0 Å². The molecule has 2 rings (SSSR count). The summed E-state index contributed by atoms with van der Waals surface area (Å²) in [6, 6.07) is 8.11. The molecular formula is C16H25NOS. The highest BCUT2D eigenvalue weighted by atomic mass is 32.2. The van der Waals surface area contributed by atoms with Crippen LogP contribution in [0.3, 0.4) is 0 Å². The van der Waals surface area contributed by atoms with Crippen LogP contribution in [0.2, 0.25) is 0 Å². The zero-order chi connectivity index (χ0) is 13.5. The van der Waals surface area contributed by atoms with Crippen LogP contribution in [0.25, 0.3) is 0 Å². The summed E-state index contributed by atoms with van der Waals surface area (Å²) < 4.78 is 14.3. The molecule has 1 atom stereocenters. The largest absolute Gasteiger partial charge is 0.237 e. The van der Waals surface area contributed by atoms with Gasteiger partial charge < -0.3 is 0 Å². The van der Waals surface area contributed by atoms with E-state index < -0.39 is 11.0 Å². The zero-order valence-electron chi connectivity index (χ0n) is 11.9. The molecule has 1 aromatic rings. The molecule has 1 unspecified atom stereocenters. The first-order valence-corrected chi connectivity index (χ1v) is 8.68.